The Hall–Kier alpha value is -1.89. The molecule has 5 nitrogen and oxygen atoms in total. The van der Waals surface area contributed by atoms with Gasteiger partial charge in [0.1, 0.15) is 5.54 Å². The number of nitrogens with one attached hydrogen (secondary N) is 1. The van der Waals surface area contributed by atoms with E-state index in [1.807, 2.05) is 54.4 Å². The lowest BCUT2D eigenvalue weighted by molar-refractivity contribution is -0.132. The fourth-order valence-electron chi connectivity index (χ4n) is 2.79. The number of urea groups is 1. The molecule has 1 aromatic heterocycles. The minimum Gasteiger partial charge on any atom is -0.319 e. The zero-order valence-corrected chi connectivity index (χ0v) is 15.0. The zero-order chi connectivity index (χ0) is 17.3. The SMILES string of the molecule is CN(Cc1ccc(Cl)s1)CN1C(=O)N[C@](C)(c2ccccc2)C1=O. The van der Waals surface area contributed by atoms with Crippen LogP contribution in [0, 0.1) is 0 Å². The molecule has 3 rings (SSSR count). The molecular weight excluding hydrogens is 346 g/mol. The Balaban J connectivity index is 1.72. The predicted octanol–water partition coefficient (Wildman–Crippen LogP) is 3.26. The quantitative estimate of drug-likeness (QED) is 0.829. The topological polar surface area (TPSA) is 52.6 Å². The average molecular weight is 364 g/mol. The van der Waals surface area contributed by atoms with E-state index in [1.165, 1.54) is 16.2 Å². The maximum absolute atomic E-state index is 12.8. The van der Waals surface area contributed by atoms with Gasteiger partial charge < -0.3 is 5.32 Å². The molecule has 0 saturated carbocycles. The third kappa shape index (κ3) is 3.17. The maximum Gasteiger partial charge on any atom is 0.326 e. The number of nitrogens with zero attached hydrogens (tertiary/aromatic N) is 2. The summed E-state index contributed by atoms with van der Waals surface area (Å²) in [6, 6.07) is 12.7. The van der Waals surface area contributed by atoms with Crippen molar-refractivity contribution in [2.24, 2.45) is 0 Å². The molecule has 2 heterocycles. The lowest BCUT2D eigenvalue weighted by Crippen LogP contribution is -2.42. The van der Waals surface area contributed by atoms with E-state index in [0.717, 1.165) is 14.8 Å². The lowest BCUT2D eigenvalue weighted by atomic mass is 9.92. The van der Waals surface area contributed by atoms with Gasteiger partial charge >= 0.3 is 6.03 Å². The van der Waals surface area contributed by atoms with Crippen molar-refractivity contribution in [3.63, 3.8) is 0 Å². The molecule has 0 spiro atoms. The highest BCUT2D eigenvalue weighted by Crippen LogP contribution is 2.29. The highest BCUT2D eigenvalue weighted by Gasteiger charge is 2.49. The molecule has 2 aromatic rings. The second kappa shape index (κ2) is 6.55. The number of imide groups is 1. The van der Waals surface area contributed by atoms with Crippen LogP contribution in [-0.2, 0) is 16.9 Å². The van der Waals surface area contributed by atoms with Crippen LogP contribution in [-0.4, -0.2) is 35.5 Å². The van der Waals surface area contributed by atoms with E-state index in [9.17, 15) is 9.59 Å². The summed E-state index contributed by atoms with van der Waals surface area (Å²) in [5.74, 6) is -0.241. The van der Waals surface area contributed by atoms with Crippen LogP contribution in [0.15, 0.2) is 42.5 Å². The molecular formula is C17H18ClN3O2S. The summed E-state index contributed by atoms with van der Waals surface area (Å²) < 4.78 is 0.727. The van der Waals surface area contributed by atoms with Crippen LogP contribution in [0.25, 0.3) is 0 Å². The summed E-state index contributed by atoms with van der Waals surface area (Å²) in [5.41, 5.74) is -0.246. The van der Waals surface area contributed by atoms with Crippen molar-refractivity contribution in [1.82, 2.24) is 15.1 Å². The van der Waals surface area contributed by atoms with Crippen molar-refractivity contribution in [3.8, 4) is 0 Å². The Kier molecular flexibility index (Phi) is 4.62. The Morgan fingerprint density at radius 2 is 1.92 bits per heavy atom. The summed E-state index contributed by atoms with van der Waals surface area (Å²) in [6.07, 6.45) is 0. The molecule has 3 amide bonds. The highest BCUT2D eigenvalue weighted by molar-refractivity contribution is 7.16. The molecule has 0 unspecified atom stereocenters. The average Bonchev–Trinajstić information content (AvgIpc) is 3.05. The maximum atomic E-state index is 12.8. The highest BCUT2D eigenvalue weighted by atomic mass is 35.5. The molecule has 1 fully saturated rings. The third-order valence-electron chi connectivity index (χ3n) is 4.06. The minimum atomic E-state index is -1.02. The minimum absolute atomic E-state index is 0.225. The van der Waals surface area contributed by atoms with E-state index in [0.29, 0.717) is 6.54 Å². The molecule has 24 heavy (non-hydrogen) atoms. The number of carbonyl (C=O) groups excluding carboxylic acids is 2. The first-order valence-corrected chi connectivity index (χ1v) is 8.72. The fourth-order valence-corrected chi connectivity index (χ4v) is 3.95. The molecule has 0 aliphatic carbocycles. The number of amides is 3. The number of hydrogen-bond acceptors (Lipinski definition) is 4. The molecule has 126 valence electrons. The largest absolute Gasteiger partial charge is 0.326 e. The molecule has 1 aliphatic heterocycles. The summed E-state index contributed by atoms with van der Waals surface area (Å²) in [5, 5.41) is 2.81. The number of halogens is 1. The van der Waals surface area contributed by atoms with Gasteiger partial charge in [0.15, 0.2) is 0 Å². The lowest BCUT2D eigenvalue weighted by Gasteiger charge is -2.24. The Morgan fingerprint density at radius 3 is 2.54 bits per heavy atom. The van der Waals surface area contributed by atoms with Crippen LogP contribution in [0.1, 0.15) is 17.4 Å². The second-order valence-electron chi connectivity index (χ2n) is 6.02. The Morgan fingerprint density at radius 1 is 1.21 bits per heavy atom. The van der Waals surface area contributed by atoms with Gasteiger partial charge in [-0.05, 0) is 31.7 Å². The van der Waals surface area contributed by atoms with Gasteiger partial charge in [0.25, 0.3) is 5.91 Å². The summed E-state index contributed by atoms with van der Waals surface area (Å²) >= 11 is 7.43. The van der Waals surface area contributed by atoms with Crippen LogP contribution in [0.2, 0.25) is 4.34 Å². The van der Waals surface area contributed by atoms with E-state index in [2.05, 4.69) is 5.32 Å². The Bertz CT molecular complexity index is 764. The molecule has 0 radical (unpaired) electrons. The van der Waals surface area contributed by atoms with Crippen molar-refractivity contribution < 1.29 is 9.59 Å². The molecule has 7 heteroatoms. The third-order valence-corrected chi connectivity index (χ3v) is 5.28. The van der Waals surface area contributed by atoms with Crippen molar-refractivity contribution in [1.29, 1.82) is 0 Å². The number of carbonyl (C=O) groups is 2. The first-order valence-electron chi connectivity index (χ1n) is 7.52. The summed E-state index contributed by atoms with van der Waals surface area (Å²) in [6.45, 7) is 2.58. The normalized spacial score (nSPS) is 20.8. The first-order chi connectivity index (χ1) is 11.4. The summed E-state index contributed by atoms with van der Waals surface area (Å²) in [7, 11) is 1.87. The van der Waals surface area contributed by atoms with E-state index in [1.54, 1.807) is 6.92 Å². The molecule has 1 N–H and O–H groups in total. The van der Waals surface area contributed by atoms with E-state index in [4.69, 9.17) is 11.6 Å². The molecule has 1 aliphatic rings. The van der Waals surface area contributed by atoms with Crippen LogP contribution in [0.3, 0.4) is 0 Å². The van der Waals surface area contributed by atoms with E-state index < -0.39 is 5.54 Å². The van der Waals surface area contributed by atoms with Gasteiger partial charge in [-0.1, -0.05) is 41.9 Å². The van der Waals surface area contributed by atoms with Gasteiger partial charge in [0.2, 0.25) is 0 Å². The predicted molar refractivity (Wildman–Crippen MR) is 94.8 cm³/mol. The van der Waals surface area contributed by atoms with Crippen LogP contribution < -0.4 is 5.32 Å². The second-order valence-corrected chi connectivity index (χ2v) is 7.82. The molecule has 0 bridgehead atoms. The van der Waals surface area contributed by atoms with Gasteiger partial charge in [-0.15, -0.1) is 11.3 Å². The van der Waals surface area contributed by atoms with Crippen molar-refractivity contribution in [2.75, 3.05) is 13.7 Å². The van der Waals surface area contributed by atoms with Gasteiger partial charge in [-0.3, -0.25) is 9.69 Å². The van der Waals surface area contributed by atoms with Crippen molar-refractivity contribution in [2.45, 2.75) is 19.0 Å². The monoisotopic (exact) mass is 363 g/mol. The fraction of sp³-hybridized carbons (Fsp3) is 0.294. The van der Waals surface area contributed by atoms with E-state index in [-0.39, 0.29) is 18.6 Å². The first kappa shape index (κ1) is 17.0. The van der Waals surface area contributed by atoms with E-state index >= 15 is 0 Å². The number of hydrogen-bond donors (Lipinski definition) is 1. The standard InChI is InChI=1S/C17H18ClN3O2S/c1-17(12-6-4-3-5-7-12)15(22)21(16(23)19-17)11-20(2)10-13-8-9-14(18)24-13/h3-9H,10-11H2,1-2H3,(H,19,23)/t17-/m1/s1. The molecule has 1 saturated heterocycles. The molecule has 1 aromatic carbocycles. The van der Waals surface area contributed by atoms with Crippen LogP contribution >= 0.6 is 22.9 Å². The zero-order valence-electron chi connectivity index (χ0n) is 13.5. The van der Waals surface area contributed by atoms with Gasteiger partial charge in [-0.25, -0.2) is 9.69 Å². The van der Waals surface area contributed by atoms with Crippen LogP contribution in [0.4, 0.5) is 4.79 Å². The summed E-state index contributed by atoms with van der Waals surface area (Å²) in [4.78, 5) is 29.4. The number of rotatable bonds is 5. The van der Waals surface area contributed by atoms with Crippen molar-refractivity contribution in [3.05, 3.63) is 57.2 Å². The van der Waals surface area contributed by atoms with Gasteiger partial charge in [0, 0.05) is 11.4 Å². The van der Waals surface area contributed by atoms with Gasteiger partial charge in [-0.2, -0.15) is 0 Å². The van der Waals surface area contributed by atoms with Crippen LogP contribution in [0.5, 0.6) is 0 Å². The smallest absolute Gasteiger partial charge is 0.319 e. The number of benzene rings is 1. The molecule has 1 atom stereocenters. The van der Waals surface area contributed by atoms with Gasteiger partial charge in [0.05, 0.1) is 11.0 Å². The number of thiophene rings is 1. The Labute approximate surface area is 149 Å². The van der Waals surface area contributed by atoms with Crippen molar-refractivity contribution >= 4 is 34.9 Å².